The van der Waals surface area contributed by atoms with Crippen molar-refractivity contribution in [3.63, 3.8) is 0 Å². The summed E-state index contributed by atoms with van der Waals surface area (Å²) in [5, 5.41) is 24.5. The third-order valence-corrected chi connectivity index (χ3v) is 3.58. The number of nitrogens with one attached hydrogen (secondary N) is 2. The summed E-state index contributed by atoms with van der Waals surface area (Å²) in [6.45, 7) is 1.56. The quantitative estimate of drug-likeness (QED) is 0.493. The summed E-state index contributed by atoms with van der Waals surface area (Å²) >= 11 is 10.8. The fraction of sp³-hybridized carbons (Fsp3) is 0.0625. The van der Waals surface area contributed by atoms with Crippen molar-refractivity contribution in [2.75, 3.05) is 5.32 Å². The van der Waals surface area contributed by atoms with E-state index in [1.807, 2.05) is 0 Å². The van der Waals surface area contributed by atoms with Crippen molar-refractivity contribution in [1.82, 2.24) is 5.32 Å². The van der Waals surface area contributed by atoms with Gasteiger partial charge in [0.05, 0.1) is 0 Å². The van der Waals surface area contributed by atoms with Crippen LogP contribution < -0.4 is 10.6 Å². The number of amides is 1. The van der Waals surface area contributed by atoms with Crippen LogP contribution in [-0.2, 0) is 0 Å². The summed E-state index contributed by atoms with van der Waals surface area (Å²) < 4.78 is 0. The molecule has 0 aliphatic heterocycles. The highest BCUT2D eigenvalue weighted by Crippen LogP contribution is 2.26. The number of aromatic carboxylic acids is 1. The van der Waals surface area contributed by atoms with Gasteiger partial charge in [-0.1, -0.05) is 11.6 Å². The molecule has 1 amide bonds. The molecule has 2 aromatic carbocycles. The summed E-state index contributed by atoms with van der Waals surface area (Å²) in [7, 11) is 0. The second-order valence-corrected chi connectivity index (χ2v) is 5.75. The molecule has 124 valence electrons. The topological polar surface area (TPSA) is 98.7 Å². The van der Waals surface area contributed by atoms with E-state index in [1.54, 1.807) is 31.2 Å². The van der Waals surface area contributed by atoms with Crippen LogP contribution in [0.1, 0.15) is 26.3 Å². The molecular formula is C16H13ClN2O4S. The summed E-state index contributed by atoms with van der Waals surface area (Å²) in [6.07, 6.45) is 0. The average Bonchev–Trinajstić information content (AvgIpc) is 2.50. The molecule has 0 aliphatic rings. The summed E-state index contributed by atoms with van der Waals surface area (Å²) in [5.41, 5.74) is 0.814. The van der Waals surface area contributed by atoms with Gasteiger partial charge in [0.25, 0.3) is 5.91 Å². The number of carboxylic acid groups (broad SMARTS) is 1. The van der Waals surface area contributed by atoms with Crippen LogP contribution in [-0.4, -0.2) is 27.2 Å². The summed E-state index contributed by atoms with van der Waals surface area (Å²) in [4.78, 5) is 23.1. The van der Waals surface area contributed by atoms with Crippen molar-refractivity contribution in [2.24, 2.45) is 0 Å². The van der Waals surface area contributed by atoms with Gasteiger partial charge in [-0.15, -0.1) is 0 Å². The number of hydrogen-bond donors (Lipinski definition) is 4. The van der Waals surface area contributed by atoms with Gasteiger partial charge in [-0.3, -0.25) is 10.1 Å². The van der Waals surface area contributed by atoms with Crippen molar-refractivity contribution >= 4 is 46.5 Å². The largest absolute Gasteiger partial charge is 0.507 e. The van der Waals surface area contributed by atoms with E-state index in [0.29, 0.717) is 21.8 Å². The lowest BCUT2D eigenvalue weighted by Gasteiger charge is -2.12. The molecular weight excluding hydrogens is 352 g/mol. The van der Waals surface area contributed by atoms with Gasteiger partial charge in [0, 0.05) is 16.3 Å². The SMILES string of the molecule is Cc1cc(NC(=S)NC(=O)c2ccc(Cl)cc2)cc(C(=O)O)c1O. The molecule has 0 atom stereocenters. The molecule has 0 unspecified atom stereocenters. The minimum absolute atomic E-state index is 0.00335. The summed E-state index contributed by atoms with van der Waals surface area (Å²) in [5.74, 6) is -2.02. The van der Waals surface area contributed by atoms with E-state index in [0.717, 1.165) is 0 Å². The zero-order chi connectivity index (χ0) is 17.9. The number of rotatable bonds is 3. The molecule has 2 rings (SSSR count). The number of carbonyl (C=O) groups is 2. The predicted octanol–water partition coefficient (Wildman–Crippen LogP) is 3.18. The van der Waals surface area contributed by atoms with Crippen LogP contribution >= 0.6 is 23.8 Å². The molecule has 0 spiro atoms. The van der Waals surface area contributed by atoms with E-state index >= 15 is 0 Å². The van der Waals surface area contributed by atoms with E-state index in [4.69, 9.17) is 28.9 Å². The van der Waals surface area contributed by atoms with Crippen LogP contribution in [0.25, 0.3) is 0 Å². The number of hydrogen-bond acceptors (Lipinski definition) is 4. The normalized spacial score (nSPS) is 10.1. The van der Waals surface area contributed by atoms with Gasteiger partial charge in [-0.05, 0) is 61.1 Å². The number of benzene rings is 2. The molecule has 0 heterocycles. The zero-order valence-electron chi connectivity index (χ0n) is 12.5. The number of thiocarbonyl (C=S) groups is 1. The Hall–Kier alpha value is -2.64. The van der Waals surface area contributed by atoms with Gasteiger partial charge in [0.2, 0.25) is 0 Å². The Balaban J connectivity index is 2.11. The number of halogens is 1. The van der Waals surface area contributed by atoms with E-state index in [1.165, 1.54) is 12.1 Å². The van der Waals surface area contributed by atoms with Crippen LogP contribution in [0.15, 0.2) is 36.4 Å². The minimum Gasteiger partial charge on any atom is -0.507 e. The maximum atomic E-state index is 12.0. The van der Waals surface area contributed by atoms with Crippen LogP contribution in [0.5, 0.6) is 5.75 Å². The Kier molecular flexibility index (Phi) is 5.38. The van der Waals surface area contributed by atoms with E-state index in [9.17, 15) is 14.7 Å². The van der Waals surface area contributed by atoms with Crippen LogP contribution in [0.2, 0.25) is 5.02 Å². The molecule has 8 heteroatoms. The van der Waals surface area contributed by atoms with Gasteiger partial charge in [0.1, 0.15) is 11.3 Å². The van der Waals surface area contributed by atoms with Crippen molar-refractivity contribution in [3.8, 4) is 5.75 Å². The standard InChI is InChI=1S/C16H13ClN2O4S/c1-8-6-11(7-12(13(8)20)15(22)23)18-16(24)19-14(21)9-2-4-10(17)5-3-9/h2-7,20H,1H3,(H,22,23)(H2,18,19,21,24). The first-order chi connectivity index (χ1) is 11.3. The van der Waals surface area contributed by atoms with Gasteiger partial charge in [0.15, 0.2) is 5.11 Å². The summed E-state index contributed by atoms with van der Waals surface area (Å²) in [6, 6.07) is 9.00. The van der Waals surface area contributed by atoms with Crippen LogP contribution in [0, 0.1) is 6.92 Å². The minimum atomic E-state index is -1.27. The van der Waals surface area contributed by atoms with Crippen molar-refractivity contribution in [3.05, 3.63) is 58.1 Å². The maximum Gasteiger partial charge on any atom is 0.339 e. The molecule has 0 saturated carbocycles. The van der Waals surface area contributed by atoms with Crippen LogP contribution in [0.3, 0.4) is 0 Å². The highest BCUT2D eigenvalue weighted by Gasteiger charge is 2.14. The fourth-order valence-electron chi connectivity index (χ4n) is 1.95. The first-order valence-electron chi connectivity index (χ1n) is 6.72. The Morgan fingerprint density at radius 1 is 1.17 bits per heavy atom. The number of aromatic hydroxyl groups is 1. The van der Waals surface area contributed by atoms with Crippen molar-refractivity contribution in [1.29, 1.82) is 0 Å². The third kappa shape index (κ3) is 4.21. The molecule has 24 heavy (non-hydrogen) atoms. The molecule has 0 bridgehead atoms. The number of phenols is 1. The molecule has 0 radical (unpaired) electrons. The van der Waals surface area contributed by atoms with E-state index < -0.39 is 11.9 Å². The lowest BCUT2D eigenvalue weighted by Crippen LogP contribution is -2.34. The van der Waals surface area contributed by atoms with Crippen molar-refractivity contribution < 1.29 is 19.8 Å². The molecule has 6 nitrogen and oxygen atoms in total. The fourth-order valence-corrected chi connectivity index (χ4v) is 2.29. The van der Waals surface area contributed by atoms with Gasteiger partial charge < -0.3 is 15.5 Å². The number of carboxylic acids is 1. The Bertz CT molecular complexity index is 822. The molecule has 0 saturated heterocycles. The van der Waals surface area contributed by atoms with E-state index in [-0.39, 0.29) is 16.4 Å². The van der Waals surface area contributed by atoms with Gasteiger partial charge in [-0.25, -0.2) is 4.79 Å². The van der Waals surface area contributed by atoms with E-state index in [2.05, 4.69) is 10.6 Å². The van der Waals surface area contributed by atoms with Crippen molar-refractivity contribution in [2.45, 2.75) is 6.92 Å². The Labute approximate surface area is 148 Å². The number of anilines is 1. The smallest absolute Gasteiger partial charge is 0.339 e. The Morgan fingerprint density at radius 3 is 2.38 bits per heavy atom. The Morgan fingerprint density at radius 2 is 1.79 bits per heavy atom. The highest BCUT2D eigenvalue weighted by molar-refractivity contribution is 7.80. The first kappa shape index (κ1) is 17.7. The third-order valence-electron chi connectivity index (χ3n) is 3.12. The van der Waals surface area contributed by atoms with Gasteiger partial charge in [-0.2, -0.15) is 0 Å². The molecule has 2 aromatic rings. The maximum absolute atomic E-state index is 12.0. The zero-order valence-corrected chi connectivity index (χ0v) is 14.0. The second-order valence-electron chi connectivity index (χ2n) is 4.91. The first-order valence-corrected chi connectivity index (χ1v) is 7.51. The number of aryl methyl sites for hydroxylation is 1. The monoisotopic (exact) mass is 364 g/mol. The highest BCUT2D eigenvalue weighted by atomic mass is 35.5. The lowest BCUT2D eigenvalue weighted by atomic mass is 10.1. The number of carbonyl (C=O) groups excluding carboxylic acids is 1. The average molecular weight is 365 g/mol. The lowest BCUT2D eigenvalue weighted by molar-refractivity contribution is 0.0693. The molecule has 4 N–H and O–H groups in total. The molecule has 0 aliphatic carbocycles. The molecule has 0 aromatic heterocycles. The molecule has 0 fully saturated rings. The predicted molar refractivity (Wildman–Crippen MR) is 94.9 cm³/mol. The van der Waals surface area contributed by atoms with Gasteiger partial charge >= 0.3 is 5.97 Å². The second kappa shape index (κ2) is 7.29. The van der Waals surface area contributed by atoms with Crippen LogP contribution in [0.4, 0.5) is 5.69 Å².